The van der Waals surface area contributed by atoms with Crippen LogP contribution in [0.4, 0.5) is 5.69 Å². The number of amides is 2. The smallest absolute Gasteiger partial charge is 0.260 e. The summed E-state index contributed by atoms with van der Waals surface area (Å²) < 4.78 is 10.4. The van der Waals surface area contributed by atoms with Crippen molar-refractivity contribution in [3.8, 4) is 11.5 Å². The second kappa shape index (κ2) is 6.95. The Labute approximate surface area is 184 Å². The summed E-state index contributed by atoms with van der Waals surface area (Å²) in [6.07, 6.45) is 1.86. The van der Waals surface area contributed by atoms with Crippen molar-refractivity contribution in [2.75, 3.05) is 19.5 Å². The van der Waals surface area contributed by atoms with Crippen molar-refractivity contribution in [1.29, 1.82) is 0 Å². The molecule has 0 spiro atoms. The quantitative estimate of drug-likeness (QED) is 0.640. The minimum Gasteiger partial charge on any atom is -0.493 e. The molecule has 2 aromatic carbocycles. The second-order valence-electron chi connectivity index (χ2n) is 8.22. The maximum atomic E-state index is 13.5. The molecular formula is C23H23N3O4S. The monoisotopic (exact) mass is 437 g/mol. The summed E-state index contributed by atoms with van der Waals surface area (Å²) in [7, 11) is 3.06. The van der Waals surface area contributed by atoms with Gasteiger partial charge in [0.05, 0.1) is 19.8 Å². The summed E-state index contributed by atoms with van der Waals surface area (Å²) in [5.74, 6) is 0.493. The maximum absolute atomic E-state index is 13.5. The first-order valence-corrected chi connectivity index (χ1v) is 10.9. The average molecular weight is 438 g/mol. The molecule has 0 aliphatic carbocycles. The van der Waals surface area contributed by atoms with Gasteiger partial charge in [0.15, 0.2) is 11.5 Å². The molecule has 1 aromatic heterocycles. The van der Waals surface area contributed by atoms with Crippen LogP contribution in [0, 0.1) is 0 Å². The van der Waals surface area contributed by atoms with Crippen molar-refractivity contribution in [3.05, 3.63) is 53.7 Å². The van der Waals surface area contributed by atoms with Gasteiger partial charge in [0, 0.05) is 33.1 Å². The second-order valence-corrected chi connectivity index (χ2v) is 9.96. The summed E-state index contributed by atoms with van der Waals surface area (Å²) in [6.45, 7) is 4.01. The van der Waals surface area contributed by atoms with E-state index in [2.05, 4.69) is 10.3 Å². The van der Waals surface area contributed by atoms with E-state index in [0.717, 1.165) is 16.5 Å². The van der Waals surface area contributed by atoms with E-state index in [-0.39, 0.29) is 17.2 Å². The number of anilines is 1. The van der Waals surface area contributed by atoms with E-state index >= 15 is 0 Å². The molecule has 7 nitrogen and oxygen atoms in total. The highest BCUT2D eigenvalue weighted by molar-refractivity contribution is 8.01. The van der Waals surface area contributed by atoms with Crippen molar-refractivity contribution in [2.45, 2.75) is 30.0 Å². The van der Waals surface area contributed by atoms with Gasteiger partial charge in [-0.25, -0.2) is 0 Å². The fourth-order valence-corrected chi connectivity index (χ4v) is 6.18. The average Bonchev–Trinajstić information content (AvgIpc) is 3.39. The largest absolute Gasteiger partial charge is 0.493 e. The number of aromatic amines is 1. The molecule has 2 aliphatic rings. The van der Waals surface area contributed by atoms with Gasteiger partial charge >= 0.3 is 0 Å². The van der Waals surface area contributed by atoms with Gasteiger partial charge in [-0.2, -0.15) is 0 Å². The fraction of sp³-hybridized carbons (Fsp3) is 0.304. The van der Waals surface area contributed by atoms with Gasteiger partial charge < -0.3 is 24.7 Å². The van der Waals surface area contributed by atoms with Crippen LogP contribution in [0.3, 0.4) is 0 Å². The number of carbonyl (C=O) groups is 2. The summed E-state index contributed by atoms with van der Waals surface area (Å²) in [4.78, 5) is 31.8. The number of fused-ring (bicyclic) bond motifs is 4. The van der Waals surface area contributed by atoms with Crippen LogP contribution in [0.5, 0.6) is 11.5 Å². The molecule has 31 heavy (non-hydrogen) atoms. The van der Waals surface area contributed by atoms with E-state index < -0.39 is 10.8 Å². The van der Waals surface area contributed by atoms with Gasteiger partial charge in [-0.1, -0.05) is 6.07 Å². The van der Waals surface area contributed by atoms with E-state index in [1.54, 1.807) is 23.8 Å². The van der Waals surface area contributed by atoms with Gasteiger partial charge in [0.25, 0.3) is 5.91 Å². The molecule has 8 heteroatoms. The van der Waals surface area contributed by atoms with Crippen molar-refractivity contribution >= 4 is 40.2 Å². The van der Waals surface area contributed by atoms with Gasteiger partial charge in [0.2, 0.25) is 5.91 Å². The van der Waals surface area contributed by atoms with Crippen molar-refractivity contribution in [1.82, 2.24) is 9.88 Å². The SMILES string of the molecule is COc1ccc2c(c1OC)C(=O)N1[C@@H]2SC(C)(C)[C@H]1C(=O)Nc1ccc2[nH]ccc2c1. The van der Waals surface area contributed by atoms with Crippen LogP contribution in [0.25, 0.3) is 10.9 Å². The standard InChI is InChI=1S/C23H23N3O4S/c1-23(2)19(20(27)25-13-5-7-15-12(11-13)9-10-24-15)26-21(28)17-14(22(26)31-23)6-8-16(29-3)18(17)30-4/h5-11,19,22,24H,1-4H3,(H,25,27)/t19-,22-/m1/s1. The Morgan fingerprint density at radius 3 is 2.71 bits per heavy atom. The zero-order valence-corrected chi connectivity index (χ0v) is 18.5. The number of aromatic nitrogens is 1. The summed E-state index contributed by atoms with van der Waals surface area (Å²) in [5.41, 5.74) is 3.02. The van der Waals surface area contributed by atoms with Crippen LogP contribution >= 0.6 is 11.8 Å². The lowest BCUT2D eigenvalue weighted by Crippen LogP contribution is -2.50. The predicted molar refractivity (Wildman–Crippen MR) is 121 cm³/mol. The zero-order valence-electron chi connectivity index (χ0n) is 17.7. The van der Waals surface area contributed by atoms with Crippen LogP contribution in [0.15, 0.2) is 42.6 Å². The van der Waals surface area contributed by atoms with Gasteiger partial charge in [0.1, 0.15) is 11.4 Å². The van der Waals surface area contributed by atoms with E-state index in [0.29, 0.717) is 22.7 Å². The Kier molecular flexibility index (Phi) is 4.44. The highest BCUT2D eigenvalue weighted by atomic mass is 32.2. The van der Waals surface area contributed by atoms with Crippen molar-refractivity contribution < 1.29 is 19.1 Å². The Morgan fingerprint density at radius 2 is 1.97 bits per heavy atom. The van der Waals surface area contributed by atoms with Crippen LogP contribution in [0.1, 0.15) is 35.1 Å². The normalized spacial score (nSPS) is 21.2. The Morgan fingerprint density at radius 1 is 1.16 bits per heavy atom. The lowest BCUT2D eigenvalue weighted by Gasteiger charge is -2.29. The molecule has 1 saturated heterocycles. The number of nitrogens with zero attached hydrogens (tertiary/aromatic N) is 1. The molecule has 2 aliphatic heterocycles. The van der Waals surface area contributed by atoms with E-state index in [1.807, 2.05) is 56.4 Å². The number of methoxy groups -OCH3 is 2. The fourth-order valence-electron chi connectivity index (χ4n) is 4.60. The van der Waals surface area contributed by atoms with Crippen LogP contribution < -0.4 is 14.8 Å². The van der Waals surface area contributed by atoms with E-state index in [4.69, 9.17) is 9.47 Å². The summed E-state index contributed by atoms with van der Waals surface area (Å²) in [6, 6.07) is 10.7. The van der Waals surface area contributed by atoms with Gasteiger partial charge in [-0.05, 0) is 44.2 Å². The molecular weight excluding hydrogens is 414 g/mol. The number of benzene rings is 2. The maximum Gasteiger partial charge on any atom is 0.260 e. The van der Waals surface area contributed by atoms with E-state index in [9.17, 15) is 9.59 Å². The summed E-state index contributed by atoms with van der Waals surface area (Å²) >= 11 is 1.61. The molecule has 3 aromatic rings. The minimum atomic E-state index is -0.639. The molecule has 0 saturated carbocycles. The highest BCUT2D eigenvalue weighted by Crippen LogP contribution is 2.58. The molecule has 0 unspecified atom stereocenters. The van der Waals surface area contributed by atoms with Crippen LogP contribution in [0.2, 0.25) is 0 Å². The first kappa shape index (κ1) is 19.8. The molecule has 5 rings (SSSR count). The first-order valence-electron chi connectivity index (χ1n) is 9.99. The molecule has 1 fully saturated rings. The van der Waals surface area contributed by atoms with Gasteiger partial charge in [-0.3, -0.25) is 9.59 Å². The number of H-pyrrole nitrogens is 1. The molecule has 0 radical (unpaired) electrons. The number of rotatable bonds is 4. The number of carbonyl (C=O) groups excluding carboxylic acids is 2. The molecule has 160 valence electrons. The van der Waals surface area contributed by atoms with Crippen LogP contribution in [-0.2, 0) is 4.79 Å². The van der Waals surface area contributed by atoms with Crippen molar-refractivity contribution in [2.24, 2.45) is 0 Å². The third kappa shape index (κ3) is 2.89. The number of ether oxygens (including phenoxy) is 2. The summed E-state index contributed by atoms with van der Waals surface area (Å²) in [5, 5.41) is 3.78. The zero-order chi connectivity index (χ0) is 21.9. The molecule has 3 heterocycles. The topological polar surface area (TPSA) is 83.7 Å². The third-order valence-electron chi connectivity index (χ3n) is 5.97. The first-order chi connectivity index (χ1) is 14.9. The Balaban J connectivity index is 1.51. The number of hydrogen-bond donors (Lipinski definition) is 2. The Bertz CT molecular complexity index is 1220. The lowest BCUT2D eigenvalue weighted by molar-refractivity contribution is -0.121. The molecule has 0 bridgehead atoms. The minimum absolute atomic E-state index is 0.207. The molecule has 2 atom stereocenters. The Hall–Kier alpha value is -3.13. The molecule has 2 N–H and O–H groups in total. The third-order valence-corrected chi connectivity index (χ3v) is 7.50. The number of hydrogen-bond acceptors (Lipinski definition) is 5. The van der Waals surface area contributed by atoms with Crippen LogP contribution in [-0.4, -0.2) is 46.7 Å². The number of thioether (sulfide) groups is 1. The lowest BCUT2D eigenvalue weighted by atomic mass is 10.0. The van der Waals surface area contributed by atoms with E-state index in [1.165, 1.54) is 7.11 Å². The highest BCUT2D eigenvalue weighted by Gasteiger charge is 2.58. The molecule has 2 amide bonds. The van der Waals surface area contributed by atoms with Gasteiger partial charge in [-0.15, -0.1) is 11.8 Å². The van der Waals surface area contributed by atoms with Crippen molar-refractivity contribution in [3.63, 3.8) is 0 Å². The predicted octanol–water partition coefficient (Wildman–Crippen LogP) is 4.17. The number of nitrogens with one attached hydrogen (secondary N) is 2.